The summed E-state index contributed by atoms with van der Waals surface area (Å²) in [5, 5.41) is 4.25. The number of aryl methyl sites for hydroxylation is 2. The van der Waals surface area contributed by atoms with Gasteiger partial charge in [-0.25, -0.2) is 0 Å². The molecule has 2 nitrogen and oxygen atoms in total. The highest BCUT2D eigenvalue weighted by atomic mass is 15.3. The van der Waals surface area contributed by atoms with Crippen molar-refractivity contribution >= 4 is 0 Å². The third-order valence-electron chi connectivity index (χ3n) is 2.34. The Morgan fingerprint density at radius 2 is 1.86 bits per heavy atom. The van der Waals surface area contributed by atoms with Gasteiger partial charge in [-0.2, -0.15) is 5.10 Å². The van der Waals surface area contributed by atoms with Gasteiger partial charge in [0.05, 0.1) is 6.20 Å². The Kier molecular flexibility index (Phi) is 2.35. The minimum Gasteiger partial charge on any atom is -0.272 e. The van der Waals surface area contributed by atoms with E-state index in [-0.39, 0.29) is 0 Å². The summed E-state index contributed by atoms with van der Waals surface area (Å²) in [6.07, 6.45) is 3.98. The van der Waals surface area contributed by atoms with Crippen molar-refractivity contribution in [2.75, 3.05) is 0 Å². The second kappa shape index (κ2) is 3.66. The van der Waals surface area contributed by atoms with Crippen molar-refractivity contribution in [3.05, 3.63) is 42.2 Å². The summed E-state index contributed by atoms with van der Waals surface area (Å²) in [7, 11) is 0. The van der Waals surface area contributed by atoms with Crippen LogP contribution in [0.2, 0.25) is 0 Å². The van der Waals surface area contributed by atoms with Crippen LogP contribution in [0.3, 0.4) is 0 Å². The molecule has 1 aromatic heterocycles. The van der Waals surface area contributed by atoms with Crippen LogP contribution < -0.4 is 0 Å². The normalized spacial score (nSPS) is 10.4. The standard InChI is InChI=1S/C12H14N2/c1-3-14-9-12(8-13-14)11-6-4-10(2)5-7-11/h4-9H,3H2,1-2H3. The summed E-state index contributed by atoms with van der Waals surface area (Å²) in [5.41, 5.74) is 3.71. The van der Waals surface area contributed by atoms with Crippen LogP contribution in [-0.2, 0) is 6.54 Å². The minimum atomic E-state index is 0.922. The summed E-state index contributed by atoms with van der Waals surface area (Å²) in [5.74, 6) is 0. The zero-order chi connectivity index (χ0) is 9.97. The highest BCUT2D eigenvalue weighted by Crippen LogP contribution is 2.18. The maximum Gasteiger partial charge on any atom is 0.0568 e. The SMILES string of the molecule is CCn1cc(-c2ccc(C)cc2)cn1. The number of aromatic nitrogens is 2. The molecule has 14 heavy (non-hydrogen) atoms. The lowest BCUT2D eigenvalue weighted by Gasteiger charge is -1.97. The van der Waals surface area contributed by atoms with Crippen molar-refractivity contribution in [1.82, 2.24) is 9.78 Å². The lowest BCUT2D eigenvalue weighted by molar-refractivity contribution is 0.660. The fourth-order valence-corrected chi connectivity index (χ4v) is 1.43. The second-order valence-corrected chi connectivity index (χ2v) is 3.45. The quantitative estimate of drug-likeness (QED) is 0.705. The average molecular weight is 186 g/mol. The monoisotopic (exact) mass is 186 g/mol. The number of benzene rings is 1. The summed E-state index contributed by atoms with van der Waals surface area (Å²) >= 11 is 0. The third kappa shape index (κ3) is 1.69. The van der Waals surface area contributed by atoms with Crippen molar-refractivity contribution in [1.29, 1.82) is 0 Å². The van der Waals surface area contributed by atoms with E-state index < -0.39 is 0 Å². The Hall–Kier alpha value is -1.57. The van der Waals surface area contributed by atoms with Crippen molar-refractivity contribution in [3.8, 4) is 11.1 Å². The van der Waals surface area contributed by atoms with Crippen LogP contribution >= 0.6 is 0 Å². The number of rotatable bonds is 2. The molecular weight excluding hydrogens is 172 g/mol. The lowest BCUT2D eigenvalue weighted by atomic mass is 10.1. The van der Waals surface area contributed by atoms with Crippen LogP contribution in [0, 0.1) is 6.92 Å². The maximum absolute atomic E-state index is 4.25. The van der Waals surface area contributed by atoms with E-state index in [0.29, 0.717) is 0 Å². The topological polar surface area (TPSA) is 17.8 Å². The zero-order valence-electron chi connectivity index (χ0n) is 8.57. The maximum atomic E-state index is 4.25. The molecule has 0 unspecified atom stereocenters. The zero-order valence-corrected chi connectivity index (χ0v) is 8.57. The van der Waals surface area contributed by atoms with Crippen molar-refractivity contribution in [3.63, 3.8) is 0 Å². The van der Waals surface area contributed by atoms with Crippen molar-refractivity contribution in [2.45, 2.75) is 20.4 Å². The van der Waals surface area contributed by atoms with E-state index >= 15 is 0 Å². The molecule has 2 rings (SSSR count). The largest absolute Gasteiger partial charge is 0.272 e. The number of hydrogen-bond donors (Lipinski definition) is 0. The molecule has 0 spiro atoms. The molecule has 2 aromatic rings. The molecule has 0 aliphatic heterocycles. The van der Waals surface area contributed by atoms with Gasteiger partial charge in [0.1, 0.15) is 0 Å². The fraction of sp³-hybridized carbons (Fsp3) is 0.250. The van der Waals surface area contributed by atoms with Crippen LogP contribution in [0.25, 0.3) is 11.1 Å². The van der Waals surface area contributed by atoms with Crippen LogP contribution in [-0.4, -0.2) is 9.78 Å². The van der Waals surface area contributed by atoms with Gasteiger partial charge in [-0.05, 0) is 19.4 Å². The van der Waals surface area contributed by atoms with Crippen molar-refractivity contribution in [2.24, 2.45) is 0 Å². The van der Waals surface area contributed by atoms with E-state index in [1.54, 1.807) is 0 Å². The summed E-state index contributed by atoms with van der Waals surface area (Å²) in [4.78, 5) is 0. The molecule has 0 saturated carbocycles. The first-order chi connectivity index (χ1) is 6.79. The molecule has 0 atom stereocenters. The first kappa shape index (κ1) is 9.00. The summed E-state index contributed by atoms with van der Waals surface area (Å²) in [6, 6.07) is 8.51. The molecular formula is C12H14N2. The smallest absolute Gasteiger partial charge is 0.0568 e. The predicted octanol–water partition coefficient (Wildman–Crippen LogP) is 2.88. The van der Waals surface area contributed by atoms with Crippen LogP contribution in [0.5, 0.6) is 0 Å². The highest BCUT2D eigenvalue weighted by molar-refractivity contribution is 5.61. The molecule has 2 heteroatoms. The Labute approximate surface area is 84.2 Å². The Bertz CT molecular complexity index is 412. The van der Waals surface area contributed by atoms with E-state index in [1.165, 1.54) is 16.7 Å². The van der Waals surface area contributed by atoms with E-state index in [4.69, 9.17) is 0 Å². The summed E-state index contributed by atoms with van der Waals surface area (Å²) in [6.45, 7) is 5.11. The van der Waals surface area contributed by atoms with Gasteiger partial charge in [0, 0.05) is 18.3 Å². The van der Waals surface area contributed by atoms with Gasteiger partial charge < -0.3 is 0 Å². The van der Waals surface area contributed by atoms with E-state index in [0.717, 1.165) is 6.54 Å². The first-order valence-electron chi connectivity index (χ1n) is 4.89. The Morgan fingerprint density at radius 1 is 1.14 bits per heavy atom. The molecule has 1 heterocycles. The van der Waals surface area contributed by atoms with E-state index in [2.05, 4.69) is 49.4 Å². The molecule has 0 N–H and O–H groups in total. The highest BCUT2D eigenvalue weighted by Gasteiger charge is 1.99. The van der Waals surface area contributed by atoms with Crippen LogP contribution in [0.4, 0.5) is 0 Å². The summed E-state index contributed by atoms with van der Waals surface area (Å²) < 4.78 is 1.94. The molecule has 0 bridgehead atoms. The van der Waals surface area contributed by atoms with Gasteiger partial charge >= 0.3 is 0 Å². The predicted molar refractivity (Wildman–Crippen MR) is 58.1 cm³/mol. The molecule has 0 amide bonds. The van der Waals surface area contributed by atoms with Gasteiger partial charge in [-0.15, -0.1) is 0 Å². The van der Waals surface area contributed by atoms with Gasteiger partial charge in [0.2, 0.25) is 0 Å². The molecule has 0 fully saturated rings. The average Bonchev–Trinajstić information content (AvgIpc) is 2.67. The molecule has 0 aliphatic carbocycles. The van der Waals surface area contributed by atoms with Gasteiger partial charge in [-0.1, -0.05) is 29.8 Å². The third-order valence-corrected chi connectivity index (χ3v) is 2.34. The lowest BCUT2D eigenvalue weighted by Crippen LogP contribution is -1.91. The van der Waals surface area contributed by atoms with E-state index in [9.17, 15) is 0 Å². The molecule has 72 valence electrons. The number of hydrogen-bond acceptors (Lipinski definition) is 1. The molecule has 0 aliphatic rings. The first-order valence-corrected chi connectivity index (χ1v) is 4.89. The minimum absolute atomic E-state index is 0.922. The Morgan fingerprint density at radius 3 is 2.43 bits per heavy atom. The van der Waals surface area contributed by atoms with Gasteiger partial charge in [-0.3, -0.25) is 4.68 Å². The van der Waals surface area contributed by atoms with Crippen molar-refractivity contribution < 1.29 is 0 Å². The van der Waals surface area contributed by atoms with Gasteiger partial charge in [0.15, 0.2) is 0 Å². The molecule has 0 saturated heterocycles. The second-order valence-electron chi connectivity index (χ2n) is 3.45. The Balaban J connectivity index is 2.34. The van der Waals surface area contributed by atoms with Gasteiger partial charge in [0.25, 0.3) is 0 Å². The molecule has 1 aromatic carbocycles. The van der Waals surface area contributed by atoms with Crippen LogP contribution in [0.1, 0.15) is 12.5 Å². The van der Waals surface area contributed by atoms with E-state index in [1.807, 2.05) is 10.9 Å². The fourth-order valence-electron chi connectivity index (χ4n) is 1.43. The van der Waals surface area contributed by atoms with Crippen LogP contribution in [0.15, 0.2) is 36.7 Å². The number of nitrogens with zero attached hydrogens (tertiary/aromatic N) is 2. The molecule has 0 radical (unpaired) electrons.